The first kappa shape index (κ1) is 67.0. The van der Waals surface area contributed by atoms with Crippen LogP contribution in [-0.4, -0.2) is 87.4 Å². The number of allylic oxidation sites excluding steroid dienone is 18. The van der Waals surface area contributed by atoms with Crippen LogP contribution in [0.5, 0.6) is 0 Å². The highest BCUT2D eigenvalue weighted by Crippen LogP contribution is 2.14. The number of quaternary nitrogens is 1. The first-order valence-corrected chi connectivity index (χ1v) is 28.1. The zero-order valence-electron chi connectivity index (χ0n) is 45.8. The number of likely N-dealkylation sites (N-methyl/N-ethyl adjacent to an activating group) is 1. The molecule has 0 saturated heterocycles. The Morgan fingerprint density at radius 1 is 0.437 bits per heavy atom. The summed E-state index contributed by atoms with van der Waals surface area (Å²) in [6.45, 7) is 4.69. The summed E-state index contributed by atoms with van der Waals surface area (Å²) < 4.78 is 22.8. The number of carbonyl (C=O) groups excluding carboxylic acids is 2. The zero-order valence-corrected chi connectivity index (χ0v) is 45.8. The van der Waals surface area contributed by atoms with Crippen LogP contribution in [0.25, 0.3) is 0 Å². The van der Waals surface area contributed by atoms with Gasteiger partial charge in [0.25, 0.3) is 6.29 Å². The number of aliphatic carboxylic acids is 1. The van der Waals surface area contributed by atoms with Gasteiger partial charge in [0.15, 0.2) is 6.10 Å². The molecular weight excluding hydrogens is 887 g/mol. The Morgan fingerprint density at radius 2 is 0.803 bits per heavy atom. The van der Waals surface area contributed by atoms with Gasteiger partial charge >= 0.3 is 17.9 Å². The summed E-state index contributed by atoms with van der Waals surface area (Å²) in [7, 11) is 5.95. The topological polar surface area (TPSA) is 108 Å². The second-order valence-electron chi connectivity index (χ2n) is 19.5. The lowest BCUT2D eigenvalue weighted by atomic mass is 10.1. The van der Waals surface area contributed by atoms with Crippen molar-refractivity contribution in [3.8, 4) is 0 Å². The predicted molar refractivity (Wildman–Crippen MR) is 299 cm³/mol. The monoisotopic (exact) mass is 991 g/mol. The number of carbonyl (C=O) groups is 3. The molecule has 0 aliphatic rings. The Bertz CT molecular complexity index is 1530. The second kappa shape index (κ2) is 52.3. The van der Waals surface area contributed by atoms with Crippen LogP contribution in [-0.2, 0) is 33.3 Å². The van der Waals surface area contributed by atoms with E-state index in [1.165, 1.54) is 57.8 Å². The molecule has 404 valence electrons. The molecule has 2 unspecified atom stereocenters. The molecule has 0 spiro atoms. The maximum atomic E-state index is 12.9. The lowest BCUT2D eigenvalue weighted by molar-refractivity contribution is -0.870. The lowest BCUT2D eigenvalue weighted by Crippen LogP contribution is -2.40. The fraction of sp³-hybridized carbons (Fsp3) is 0.661. The van der Waals surface area contributed by atoms with E-state index in [9.17, 15) is 19.5 Å². The number of hydrogen-bond acceptors (Lipinski definition) is 7. The van der Waals surface area contributed by atoms with Gasteiger partial charge in [-0.1, -0.05) is 200 Å². The minimum atomic E-state index is -1.52. The predicted octanol–water partition coefficient (Wildman–Crippen LogP) is 16.3. The summed E-state index contributed by atoms with van der Waals surface area (Å²) in [5.74, 6) is -2.04. The quantitative estimate of drug-likeness (QED) is 0.0211. The summed E-state index contributed by atoms with van der Waals surface area (Å²) in [6, 6.07) is 0. The third-order valence-corrected chi connectivity index (χ3v) is 11.5. The number of hydrogen-bond donors (Lipinski definition) is 1. The van der Waals surface area contributed by atoms with E-state index in [1.54, 1.807) is 0 Å². The van der Waals surface area contributed by atoms with Crippen molar-refractivity contribution in [2.24, 2.45) is 0 Å². The molecule has 0 fully saturated rings. The summed E-state index contributed by atoms with van der Waals surface area (Å²) in [5, 5.41) is 9.69. The molecule has 9 heteroatoms. The average Bonchev–Trinajstić information content (AvgIpc) is 3.34. The van der Waals surface area contributed by atoms with E-state index >= 15 is 0 Å². The molecule has 0 bridgehead atoms. The van der Waals surface area contributed by atoms with Gasteiger partial charge < -0.3 is 28.5 Å². The largest absolute Gasteiger partial charge is 0.477 e. The van der Waals surface area contributed by atoms with Crippen molar-refractivity contribution in [2.75, 3.05) is 47.5 Å². The number of unbranched alkanes of at least 4 members (excludes halogenated alkanes) is 17. The van der Waals surface area contributed by atoms with Crippen molar-refractivity contribution in [2.45, 2.75) is 219 Å². The van der Waals surface area contributed by atoms with E-state index < -0.39 is 24.3 Å². The number of esters is 2. The van der Waals surface area contributed by atoms with Gasteiger partial charge in [0.1, 0.15) is 13.2 Å². The molecule has 0 saturated carbocycles. The molecule has 0 aliphatic carbocycles. The van der Waals surface area contributed by atoms with Crippen molar-refractivity contribution in [1.82, 2.24) is 0 Å². The van der Waals surface area contributed by atoms with Crippen LogP contribution in [0, 0.1) is 0 Å². The molecule has 0 aliphatic heterocycles. The molecular formula is C62H104NO8+. The van der Waals surface area contributed by atoms with Crippen molar-refractivity contribution in [1.29, 1.82) is 0 Å². The first-order chi connectivity index (χ1) is 34.6. The van der Waals surface area contributed by atoms with Crippen LogP contribution < -0.4 is 0 Å². The minimum absolute atomic E-state index is 0.178. The number of nitrogens with zero attached hydrogens (tertiary/aromatic N) is 1. The van der Waals surface area contributed by atoms with Gasteiger partial charge in [-0.05, 0) is 103 Å². The number of carboxylic acids is 1. The molecule has 2 atom stereocenters. The Morgan fingerprint density at radius 3 is 1.20 bits per heavy atom. The van der Waals surface area contributed by atoms with E-state index in [0.29, 0.717) is 17.4 Å². The Kier molecular flexibility index (Phi) is 49.3. The van der Waals surface area contributed by atoms with Gasteiger partial charge in [0.2, 0.25) is 0 Å². The molecule has 0 amide bonds. The molecule has 0 aromatic rings. The van der Waals surface area contributed by atoms with Gasteiger partial charge in [0.05, 0.1) is 34.4 Å². The van der Waals surface area contributed by atoms with Crippen LogP contribution in [0.4, 0.5) is 0 Å². The molecule has 1 N–H and O–H groups in total. The van der Waals surface area contributed by atoms with Crippen LogP contribution in [0.2, 0.25) is 0 Å². The SMILES string of the molecule is CC/C=C\C/C=C\C/C=C\C/C=C\C/C=C\C/C=C\C/C=C\CCCCCCCCCCCC(=O)OC(COC(=O)CCCCCCC/C=C\C/C=C\CCCCC)COC(OCC[N+](C)(C)C)C(=O)O. The van der Waals surface area contributed by atoms with Crippen LogP contribution >= 0.6 is 0 Å². The smallest absolute Gasteiger partial charge is 0.361 e. The van der Waals surface area contributed by atoms with Crippen molar-refractivity contribution >= 4 is 17.9 Å². The van der Waals surface area contributed by atoms with Gasteiger partial charge in [-0.15, -0.1) is 0 Å². The highest BCUT2D eigenvalue weighted by Gasteiger charge is 2.25. The van der Waals surface area contributed by atoms with Crippen molar-refractivity contribution in [3.63, 3.8) is 0 Å². The molecule has 0 radical (unpaired) electrons. The van der Waals surface area contributed by atoms with E-state index in [4.69, 9.17) is 18.9 Å². The Balaban J connectivity index is 4.28. The summed E-state index contributed by atoms with van der Waals surface area (Å²) in [5.41, 5.74) is 0. The van der Waals surface area contributed by atoms with E-state index in [-0.39, 0.29) is 38.6 Å². The Hall–Kier alpha value is -4.05. The summed E-state index contributed by atoms with van der Waals surface area (Å²) in [6.07, 6.45) is 68.7. The van der Waals surface area contributed by atoms with E-state index in [0.717, 1.165) is 116 Å². The van der Waals surface area contributed by atoms with Crippen LogP contribution in [0.1, 0.15) is 206 Å². The molecule has 9 nitrogen and oxygen atoms in total. The average molecular weight is 992 g/mol. The number of rotatable bonds is 50. The molecule has 0 aromatic heterocycles. The van der Waals surface area contributed by atoms with E-state index in [1.807, 2.05) is 21.1 Å². The van der Waals surface area contributed by atoms with Crippen LogP contribution in [0.15, 0.2) is 109 Å². The van der Waals surface area contributed by atoms with Crippen molar-refractivity contribution in [3.05, 3.63) is 109 Å². The van der Waals surface area contributed by atoms with E-state index in [2.05, 4.69) is 123 Å². The van der Waals surface area contributed by atoms with Crippen molar-refractivity contribution < 1.29 is 42.9 Å². The highest BCUT2D eigenvalue weighted by molar-refractivity contribution is 5.71. The molecule has 0 heterocycles. The maximum Gasteiger partial charge on any atom is 0.361 e. The zero-order chi connectivity index (χ0) is 52.0. The third kappa shape index (κ3) is 53.6. The second-order valence-corrected chi connectivity index (χ2v) is 19.5. The third-order valence-electron chi connectivity index (χ3n) is 11.5. The standard InChI is InChI=1S/C62H103NO8/c1-6-8-10-12-14-16-18-20-22-23-24-25-26-27-28-29-30-31-32-33-34-35-36-37-39-41-43-45-47-49-51-53-60(65)71-58(57-70-62(61(66)67)68-55-54-63(3,4)5)56-69-59(64)52-50-48-46-44-42-40-38-21-19-17-15-13-11-9-7-2/h8,10,14-17,20-22,24-25,27-28,30-31,33-34,38,58,62H,6-7,9,11-13,18-19,23,26,29,32,35-37,39-57H2,1-5H3/p+1/b10-8-,16-14-,17-15-,22-20-,25-24-,28-27-,31-30-,34-33-,38-21-. The Labute approximate surface area is 434 Å². The fourth-order valence-corrected chi connectivity index (χ4v) is 7.20. The summed E-state index contributed by atoms with van der Waals surface area (Å²) in [4.78, 5) is 37.3. The lowest BCUT2D eigenvalue weighted by Gasteiger charge is -2.25. The maximum absolute atomic E-state index is 12.9. The molecule has 0 rings (SSSR count). The fourth-order valence-electron chi connectivity index (χ4n) is 7.20. The first-order valence-electron chi connectivity index (χ1n) is 28.1. The van der Waals surface area contributed by atoms with Crippen LogP contribution in [0.3, 0.4) is 0 Å². The minimum Gasteiger partial charge on any atom is -0.477 e. The van der Waals surface area contributed by atoms with Gasteiger partial charge in [0, 0.05) is 12.8 Å². The summed E-state index contributed by atoms with van der Waals surface area (Å²) >= 11 is 0. The number of carboxylic acid groups (broad SMARTS) is 1. The molecule has 71 heavy (non-hydrogen) atoms. The highest BCUT2D eigenvalue weighted by atomic mass is 16.7. The number of ether oxygens (including phenoxy) is 4. The normalized spacial score (nSPS) is 13.6. The molecule has 0 aromatic carbocycles. The van der Waals surface area contributed by atoms with Gasteiger partial charge in [-0.25, -0.2) is 4.79 Å². The van der Waals surface area contributed by atoms with Gasteiger partial charge in [-0.2, -0.15) is 0 Å². The van der Waals surface area contributed by atoms with Gasteiger partial charge in [-0.3, -0.25) is 9.59 Å².